The Morgan fingerprint density at radius 2 is 1.86 bits per heavy atom. The Bertz CT molecular complexity index is 515. The molecule has 3 N–H and O–H groups in total. The van der Waals surface area contributed by atoms with Gasteiger partial charge in [0.2, 0.25) is 0 Å². The maximum atomic E-state index is 12.9. The number of amidine groups is 1. The van der Waals surface area contributed by atoms with Gasteiger partial charge in [0, 0.05) is 31.4 Å². The topological polar surface area (TPSA) is 65.1 Å². The lowest BCUT2D eigenvalue weighted by Gasteiger charge is -2.23. The number of oxime groups is 1. The zero-order valence-electron chi connectivity index (χ0n) is 12.1. The Labute approximate surface area is 121 Å². The summed E-state index contributed by atoms with van der Waals surface area (Å²) < 4.78 is 38.8. The smallest absolute Gasteiger partial charge is 0.409 e. The lowest BCUT2D eigenvalue weighted by Crippen LogP contribution is -2.29. The van der Waals surface area contributed by atoms with Gasteiger partial charge < -0.3 is 20.7 Å². The fourth-order valence-electron chi connectivity index (χ4n) is 1.76. The first kappa shape index (κ1) is 17.1. The lowest BCUT2D eigenvalue weighted by atomic mass is 10.0. The zero-order valence-corrected chi connectivity index (χ0v) is 12.1. The van der Waals surface area contributed by atoms with Crippen molar-refractivity contribution in [2.45, 2.75) is 6.18 Å². The van der Waals surface area contributed by atoms with Crippen LogP contribution in [0.5, 0.6) is 0 Å². The molecule has 118 valence electrons. The molecular weight excluding hydrogens is 285 g/mol. The minimum absolute atomic E-state index is 0.334. The molecule has 0 spiro atoms. The number of hydrogen-bond acceptors (Lipinski definition) is 4. The van der Waals surface area contributed by atoms with E-state index in [1.165, 1.54) is 12.1 Å². The minimum Gasteiger partial charge on any atom is -0.409 e. The molecule has 0 aliphatic rings. The highest BCUT2D eigenvalue weighted by Gasteiger charge is 2.34. The molecule has 0 aromatic heterocycles. The summed E-state index contributed by atoms with van der Waals surface area (Å²) in [6.07, 6.45) is -4.56. The molecule has 0 heterocycles. The van der Waals surface area contributed by atoms with E-state index < -0.39 is 17.6 Å². The molecule has 5 nitrogen and oxygen atoms in total. The largest absolute Gasteiger partial charge is 0.417 e. The van der Waals surface area contributed by atoms with Gasteiger partial charge >= 0.3 is 6.18 Å². The van der Waals surface area contributed by atoms with E-state index in [-0.39, 0.29) is 5.56 Å². The predicted molar refractivity (Wildman–Crippen MR) is 75.8 cm³/mol. The van der Waals surface area contributed by atoms with Crippen LogP contribution in [0.15, 0.2) is 23.4 Å². The van der Waals surface area contributed by atoms with Gasteiger partial charge in [-0.15, -0.1) is 0 Å². The quantitative estimate of drug-likeness (QED) is 0.377. The number of nitrogens with two attached hydrogens (primary N) is 1. The van der Waals surface area contributed by atoms with Gasteiger partial charge in [-0.3, -0.25) is 0 Å². The molecule has 0 saturated heterocycles. The number of hydrogen-bond donors (Lipinski definition) is 2. The molecule has 0 aliphatic carbocycles. The molecule has 0 atom stereocenters. The second-order valence-corrected chi connectivity index (χ2v) is 4.94. The van der Waals surface area contributed by atoms with Crippen LogP contribution in [0, 0.1) is 0 Å². The average Bonchev–Trinajstić information content (AvgIpc) is 2.42. The fourth-order valence-corrected chi connectivity index (χ4v) is 1.76. The van der Waals surface area contributed by atoms with Crippen molar-refractivity contribution < 1.29 is 18.4 Å². The summed E-state index contributed by atoms with van der Waals surface area (Å²) in [7, 11) is 5.58. The van der Waals surface area contributed by atoms with Gasteiger partial charge in [-0.05, 0) is 32.3 Å². The third-order valence-corrected chi connectivity index (χ3v) is 3.02. The summed E-state index contributed by atoms with van der Waals surface area (Å²) in [4.78, 5) is 3.76. The first-order chi connectivity index (χ1) is 9.66. The van der Waals surface area contributed by atoms with Gasteiger partial charge in [0.15, 0.2) is 5.84 Å². The Kier molecular flexibility index (Phi) is 5.42. The molecule has 1 aromatic rings. The van der Waals surface area contributed by atoms with E-state index in [4.69, 9.17) is 10.9 Å². The second kappa shape index (κ2) is 6.66. The predicted octanol–water partition coefficient (Wildman–Crippen LogP) is 1.80. The van der Waals surface area contributed by atoms with E-state index in [9.17, 15) is 13.2 Å². The molecular formula is C13H19F3N4O. The summed E-state index contributed by atoms with van der Waals surface area (Å²) in [6, 6.07) is 3.58. The Balaban J connectivity index is 3.16. The number of alkyl halides is 3. The lowest BCUT2D eigenvalue weighted by molar-refractivity contribution is -0.137. The van der Waals surface area contributed by atoms with Crippen LogP contribution in [0.4, 0.5) is 18.9 Å². The van der Waals surface area contributed by atoms with Crippen molar-refractivity contribution in [3.8, 4) is 0 Å². The van der Waals surface area contributed by atoms with Crippen molar-refractivity contribution in [2.75, 3.05) is 39.1 Å². The number of nitrogens with zero attached hydrogens (tertiary/aromatic N) is 3. The zero-order chi connectivity index (χ0) is 16.2. The van der Waals surface area contributed by atoms with E-state index in [1.54, 1.807) is 11.9 Å². The molecule has 0 amide bonds. The SMILES string of the molecule is CN(C)CCN(C)c1ccc(C(F)(F)F)c(/C(N)=N/O)c1. The molecule has 0 radical (unpaired) electrons. The van der Waals surface area contributed by atoms with Crippen molar-refractivity contribution in [3.63, 3.8) is 0 Å². The van der Waals surface area contributed by atoms with Gasteiger partial charge in [-0.1, -0.05) is 5.16 Å². The molecule has 1 aromatic carbocycles. The Morgan fingerprint density at radius 1 is 1.24 bits per heavy atom. The van der Waals surface area contributed by atoms with Gasteiger partial charge in [0.1, 0.15) is 0 Å². The van der Waals surface area contributed by atoms with E-state index in [1.807, 2.05) is 19.0 Å². The number of benzene rings is 1. The van der Waals surface area contributed by atoms with E-state index in [0.29, 0.717) is 12.2 Å². The Morgan fingerprint density at radius 3 is 2.33 bits per heavy atom. The average molecular weight is 304 g/mol. The highest BCUT2D eigenvalue weighted by molar-refractivity contribution is 5.99. The summed E-state index contributed by atoms with van der Waals surface area (Å²) >= 11 is 0. The van der Waals surface area contributed by atoms with Crippen LogP contribution in [-0.4, -0.2) is 50.2 Å². The van der Waals surface area contributed by atoms with Crippen LogP contribution in [-0.2, 0) is 6.18 Å². The van der Waals surface area contributed by atoms with E-state index in [2.05, 4.69) is 5.16 Å². The Hall–Kier alpha value is -1.96. The third kappa shape index (κ3) is 4.52. The summed E-state index contributed by atoms with van der Waals surface area (Å²) in [5.74, 6) is -0.565. The molecule has 21 heavy (non-hydrogen) atoms. The highest BCUT2D eigenvalue weighted by Crippen LogP contribution is 2.33. The van der Waals surface area contributed by atoms with Crippen LogP contribution < -0.4 is 10.6 Å². The van der Waals surface area contributed by atoms with Crippen molar-refractivity contribution >= 4 is 11.5 Å². The van der Waals surface area contributed by atoms with Crippen molar-refractivity contribution in [2.24, 2.45) is 10.9 Å². The van der Waals surface area contributed by atoms with Crippen molar-refractivity contribution in [1.82, 2.24) is 4.90 Å². The van der Waals surface area contributed by atoms with Crippen LogP contribution in [0.25, 0.3) is 0 Å². The standard InChI is InChI=1S/C13H19F3N4O/c1-19(2)6-7-20(3)9-4-5-11(13(14,15)16)10(8-9)12(17)18-21/h4-5,8,21H,6-7H2,1-3H3,(H2,17,18). The molecule has 0 bridgehead atoms. The molecule has 0 fully saturated rings. The fraction of sp³-hybridized carbons (Fsp3) is 0.462. The van der Waals surface area contributed by atoms with Gasteiger partial charge in [-0.2, -0.15) is 13.2 Å². The molecule has 0 saturated carbocycles. The maximum absolute atomic E-state index is 12.9. The second-order valence-electron chi connectivity index (χ2n) is 4.94. The number of likely N-dealkylation sites (N-methyl/N-ethyl adjacent to an activating group) is 2. The monoisotopic (exact) mass is 304 g/mol. The minimum atomic E-state index is -4.56. The van der Waals surface area contributed by atoms with Crippen molar-refractivity contribution in [3.05, 3.63) is 29.3 Å². The maximum Gasteiger partial charge on any atom is 0.417 e. The normalized spacial score (nSPS) is 12.8. The first-order valence-electron chi connectivity index (χ1n) is 6.21. The molecule has 8 heteroatoms. The van der Waals surface area contributed by atoms with Crippen LogP contribution in [0.3, 0.4) is 0 Å². The highest BCUT2D eigenvalue weighted by atomic mass is 19.4. The number of halogens is 3. The van der Waals surface area contributed by atoms with Gasteiger partial charge in [0.05, 0.1) is 5.56 Å². The van der Waals surface area contributed by atoms with Gasteiger partial charge in [0.25, 0.3) is 0 Å². The molecule has 0 aliphatic heterocycles. The van der Waals surface area contributed by atoms with Crippen LogP contribution >= 0.6 is 0 Å². The third-order valence-electron chi connectivity index (χ3n) is 3.02. The van der Waals surface area contributed by atoms with E-state index >= 15 is 0 Å². The molecule has 1 rings (SSSR count). The van der Waals surface area contributed by atoms with Crippen LogP contribution in [0.1, 0.15) is 11.1 Å². The van der Waals surface area contributed by atoms with Gasteiger partial charge in [-0.25, -0.2) is 0 Å². The molecule has 0 unspecified atom stereocenters. The van der Waals surface area contributed by atoms with Crippen molar-refractivity contribution in [1.29, 1.82) is 0 Å². The number of rotatable bonds is 5. The summed E-state index contributed by atoms with van der Waals surface area (Å²) in [5, 5.41) is 11.3. The summed E-state index contributed by atoms with van der Waals surface area (Å²) in [5.41, 5.74) is 4.66. The number of anilines is 1. The van der Waals surface area contributed by atoms with Crippen LogP contribution in [0.2, 0.25) is 0 Å². The first-order valence-corrected chi connectivity index (χ1v) is 6.21. The van der Waals surface area contributed by atoms with E-state index in [0.717, 1.165) is 12.6 Å². The summed E-state index contributed by atoms with van der Waals surface area (Å²) in [6.45, 7) is 1.38.